The van der Waals surface area contributed by atoms with Gasteiger partial charge in [0, 0.05) is 52.5 Å². The van der Waals surface area contributed by atoms with Crippen molar-refractivity contribution in [2.75, 3.05) is 60.1 Å². The Hall–Kier alpha value is -0.850. The van der Waals surface area contributed by atoms with Crippen molar-refractivity contribution >= 4 is 5.96 Å². The lowest BCUT2D eigenvalue weighted by Crippen LogP contribution is -2.47. The molecule has 6 heteroatoms. The molecule has 1 aliphatic heterocycles. The molecular weight excluding hydrogens is 328 g/mol. The number of hydrogen-bond acceptors (Lipinski definition) is 4. The summed E-state index contributed by atoms with van der Waals surface area (Å²) in [4.78, 5) is 9.63. The first-order chi connectivity index (χ1) is 12.6. The van der Waals surface area contributed by atoms with E-state index in [0.29, 0.717) is 12.1 Å². The van der Waals surface area contributed by atoms with Gasteiger partial charge in [0.15, 0.2) is 5.96 Å². The Balaban J connectivity index is 2.29. The number of nitrogens with one attached hydrogen (secondary N) is 1. The van der Waals surface area contributed by atoms with Gasteiger partial charge < -0.3 is 24.6 Å². The van der Waals surface area contributed by atoms with Crippen LogP contribution in [0.4, 0.5) is 0 Å². The maximum absolute atomic E-state index is 5.96. The molecule has 1 rings (SSSR count). The summed E-state index contributed by atoms with van der Waals surface area (Å²) in [5.74, 6) is 1.07. The SMILES string of the molecule is CCNC(=NCCCCN(C)C(C)C)N1CCC(OCCCOC)CC1. The van der Waals surface area contributed by atoms with Gasteiger partial charge in [-0.3, -0.25) is 4.99 Å². The maximum Gasteiger partial charge on any atom is 0.193 e. The molecule has 1 heterocycles. The van der Waals surface area contributed by atoms with Crippen molar-refractivity contribution in [1.82, 2.24) is 15.1 Å². The lowest BCUT2D eigenvalue weighted by molar-refractivity contribution is 0.00990. The number of hydrogen-bond donors (Lipinski definition) is 1. The third-order valence-electron chi connectivity index (χ3n) is 4.98. The minimum atomic E-state index is 0.387. The molecule has 0 aromatic heterocycles. The van der Waals surface area contributed by atoms with Crippen LogP contribution in [-0.4, -0.2) is 88.0 Å². The Morgan fingerprint density at radius 3 is 2.54 bits per heavy atom. The lowest BCUT2D eigenvalue weighted by atomic mass is 10.1. The van der Waals surface area contributed by atoms with Crippen molar-refractivity contribution in [3.63, 3.8) is 0 Å². The molecule has 1 fully saturated rings. The van der Waals surface area contributed by atoms with Gasteiger partial charge in [-0.1, -0.05) is 0 Å². The number of guanidine groups is 1. The molecule has 0 aromatic carbocycles. The highest BCUT2D eigenvalue weighted by Crippen LogP contribution is 2.14. The first kappa shape index (κ1) is 23.2. The number of likely N-dealkylation sites (tertiary alicyclic amines) is 1. The van der Waals surface area contributed by atoms with E-state index in [1.54, 1.807) is 7.11 Å². The van der Waals surface area contributed by atoms with Crippen LogP contribution in [0.1, 0.15) is 52.9 Å². The van der Waals surface area contributed by atoms with Gasteiger partial charge in [-0.05, 0) is 66.5 Å². The summed E-state index contributed by atoms with van der Waals surface area (Å²) in [6.07, 6.45) is 5.87. The van der Waals surface area contributed by atoms with E-state index in [2.05, 4.69) is 42.9 Å². The normalized spacial score (nSPS) is 16.7. The molecule has 0 unspecified atom stereocenters. The second kappa shape index (κ2) is 14.2. The van der Waals surface area contributed by atoms with E-state index >= 15 is 0 Å². The van der Waals surface area contributed by atoms with E-state index in [9.17, 15) is 0 Å². The molecule has 0 spiro atoms. The zero-order valence-electron chi connectivity index (χ0n) is 17.8. The number of unbranched alkanes of at least 4 members (excludes halogenated alkanes) is 1. The van der Waals surface area contributed by atoms with Crippen LogP contribution in [0.5, 0.6) is 0 Å². The summed E-state index contributed by atoms with van der Waals surface area (Å²) in [5, 5.41) is 3.45. The van der Waals surface area contributed by atoms with E-state index in [1.165, 1.54) is 6.42 Å². The molecule has 1 N–H and O–H groups in total. The van der Waals surface area contributed by atoms with Gasteiger partial charge in [0.2, 0.25) is 0 Å². The summed E-state index contributed by atoms with van der Waals surface area (Å²) in [6, 6.07) is 0.619. The molecule has 0 atom stereocenters. The summed E-state index contributed by atoms with van der Waals surface area (Å²) >= 11 is 0. The minimum absolute atomic E-state index is 0.387. The molecule has 0 aromatic rings. The van der Waals surface area contributed by atoms with Crippen LogP contribution >= 0.6 is 0 Å². The van der Waals surface area contributed by atoms with E-state index in [4.69, 9.17) is 14.5 Å². The fourth-order valence-corrected chi connectivity index (χ4v) is 3.03. The van der Waals surface area contributed by atoms with Gasteiger partial charge in [-0.15, -0.1) is 0 Å². The van der Waals surface area contributed by atoms with Crippen LogP contribution in [0.15, 0.2) is 4.99 Å². The van der Waals surface area contributed by atoms with Crippen molar-refractivity contribution in [2.45, 2.75) is 65.0 Å². The Bertz CT molecular complexity index is 369. The number of ether oxygens (including phenoxy) is 2. The molecule has 0 saturated carbocycles. The number of piperidine rings is 1. The maximum atomic E-state index is 5.96. The van der Waals surface area contributed by atoms with Crippen LogP contribution in [0.2, 0.25) is 0 Å². The standard InChI is InChI=1S/C20H42N4O2/c1-6-21-20(22-12-7-8-13-23(4)18(2)3)24-14-10-19(11-15-24)26-17-9-16-25-5/h18-19H,6-17H2,1-5H3,(H,21,22). The van der Waals surface area contributed by atoms with Crippen molar-refractivity contribution in [3.8, 4) is 0 Å². The van der Waals surface area contributed by atoms with Crippen LogP contribution < -0.4 is 5.32 Å². The van der Waals surface area contributed by atoms with Gasteiger partial charge in [0.1, 0.15) is 0 Å². The zero-order valence-corrected chi connectivity index (χ0v) is 17.8. The second-order valence-corrected chi connectivity index (χ2v) is 7.42. The van der Waals surface area contributed by atoms with Gasteiger partial charge in [0.25, 0.3) is 0 Å². The molecule has 26 heavy (non-hydrogen) atoms. The summed E-state index contributed by atoms with van der Waals surface area (Å²) in [5.41, 5.74) is 0. The highest BCUT2D eigenvalue weighted by Gasteiger charge is 2.21. The monoisotopic (exact) mass is 370 g/mol. The molecule has 1 saturated heterocycles. The fourth-order valence-electron chi connectivity index (χ4n) is 3.03. The third kappa shape index (κ3) is 9.74. The lowest BCUT2D eigenvalue weighted by Gasteiger charge is -2.34. The molecule has 6 nitrogen and oxygen atoms in total. The molecule has 154 valence electrons. The largest absolute Gasteiger partial charge is 0.385 e. The fraction of sp³-hybridized carbons (Fsp3) is 0.950. The topological polar surface area (TPSA) is 49.3 Å². The Morgan fingerprint density at radius 2 is 1.92 bits per heavy atom. The molecular formula is C20H42N4O2. The molecule has 0 amide bonds. The molecule has 1 aliphatic rings. The number of methoxy groups -OCH3 is 1. The van der Waals surface area contributed by atoms with E-state index in [1.807, 2.05) is 0 Å². The smallest absolute Gasteiger partial charge is 0.193 e. The third-order valence-corrected chi connectivity index (χ3v) is 4.98. The average molecular weight is 371 g/mol. The number of aliphatic imine (C=N–C) groups is 1. The zero-order chi connectivity index (χ0) is 19.2. The van der Waals surface area contributed by atoms with Crippen molar-refractivity contribution in [1.29, 1.82) is 0 Å². The van der Waals surface area contributed by atoms with Gasteiger partial charge >= 0.3 is 0 Å². The Kier molecular flexibility index (Phi) is 12.7. The van der Waals surface area contributed by atoms with Crippen molar-refractivity contribution in [2.24, 2.45) is 4.99 Å². The number of nitrogens with zero attached hydrogens (tertiary/aromatic N) is 3. The summed E-state index contributed by atoms with van der Waals surface area (Å²) in [7, 11) is 3.93. The molecule has 0 aliphatic carbocycles. The minimum Gasteiger partial charge on any atom is -0.385 e. The van der Waals surface area contributed by atoms with Crippen LogP contribution in [-0.2, 0) is 9.47 Å². The summed E-state index contributed by atoms with van der Waals surface area (Å²) in [6.45, 7) is 13.2. The molecule has 0 radical (unpaired) electrons. The van der Waals surface area contributed by atoms with Gasteiger partial charge in [-0.2, -0.15) is 0 Å². The van der Waals surface area contributed by atoms with Crippen molar-refractivity contribution in [3.05, 3.63) is 0 Å². The van der Waals surface area contributed by atoms with E-state index < -0.39 is 0 Å². The average Bonchev–Trinajstić information content (AvgIpc) is 2.64. The second-order valence-electron chi connectivity index (χ2n) is 7.42. The predicted octanol–water partition coefficient (Wildman–Crippen LogP) is 2.59. The number of rotatable bonds is 12. The van der Waals surface area contributed by atoms with Gasteiger partial charge in [0.05, 0.1) is 6.10 Å². The summed E-state index contributed by atoms with van der Waals surface area (Å²) < 4.78 is 11.0. The predicted molar refractivity (Wildman–Crippen MR) is 110 cm³/mol. The van der Waals surface area contributed by atoms with Gasteiger partial charge in [-0.25, -0.2) is 0 Å². The first-order valence-electron chi connectivity index (χ1n) is 10.4. The van der Waals surface area contributed by atoms with Crippen LogP contribution in [0.25, 0.3) is 0 Å². The highest BCUT2D eigenvalue weighted by atomic mass is 16.5. The molecule has 0 bridgehead atoms. The van der Waals surface area contributed by atoms with Crippen LogP contribution in [0.3, 0.4) is 0 Å². The quantitative estimate of drug-likeness (QED) is 0.325. The van der Waals surface area contributed by atoms with Crippen molar-refractivity contribution < 1.29 is 9.47 Å². The Morgan fingerprint density at radius 1 is 1.19 bits per heavy atom. The van der Waals surface area contributed by atoms with E-state index in [-0.39, 0.29) is 0 Å². The van der Waals surface area contributed by atoms with E-state index in [0.717, 1.165) is 77.6 Å². The van der Waals surface area contributed by atoms with Crippen LogP contribution in [0, 0.1) is 0 Å². The first-order valence-corrected chi connectivity index (χ1v) is 10.4. The highest BCUT2D eigenvalue weighted by molar-refractivity contribution is 5.80. The Labute approximate surface area is 161 Å².